The number of rotatable bonds is 12. The standard InChI is InChI=1S/C42H20N8O16/c51-43(52)25-9-1-21(2-10-25)37-29-17-33(47(59)60)34(48(61)62)18-30(29)39(23-5-13-27(14-6-23)45(55)56)42-40(24-7-15-28(16-8-24)46(57)58)32-20-36(50(65)66)35(49(63)64)19-31(32)38(41(37)42)22-3-11-26(12-4-22)44(53)54/h1-20H. The summed E-state index contributed by atoms with van der Waals surface area (Å²) in [6, 6.07) is 22.1. The van der Waals surface area contributed by atoms with E-state index in [1.165, 1.54) is 48.5 Å². The van der Waals surface area contributed by atoms with Crippen LogP contribution in [0.5, 0.6) is 0 Å². The molecule has 324 valence electrons. The summed E-state index contributed by atoms with van der Waals surface area (Å²) in [7, 11) is 0. The molecule has 0 aliphatic heterocycles. The van der Waals surface area contributed by atoms with Gasteiger partial charge in [0.2, 0.25) is 0 Å². The molecular formula is C42H20N8O16. The van der Waals surface area contributed by atoms with E-state index in [9.17, 15) is 80.9 Å². The summed E-state index contributed by atoms with van der Waals surface area (Å²) in [5.74, 6) is 0. The number of nitro groups is 8. The molecule has 0 amide bonds. The molecule has 0 radical (unpaired) electrons. The van der Waals surface area contributed by atoms with E-state index in [0.717, 1.165) is 72.8 Å². The fourth-order valence-corrected chi connectivity index (χ4v) is 8.05. The summed E-state index contributed by atoms with van der Waals surface area (Å²) >= 11 is 0. The minimum absolute atomic E-state index is 0.0440. The van der Waals surface area contributed by atoms with E-state index in [2.05, 4.69) is 0 Å². The van der Waals surface area contributed by atoms with Crippen molar-refractivity contribution in [3.63, 3.8) is 0 Å². The van der Waals surface area contributed by atoms with Gasteiger partial charge in [-0.25, -0.2) is 0 Å². The molecule has 0 fully saturated rings. The Morgan fingerprint density at radius 3 is 0.545 bits per heavy atom. The van der Waals surface area contributed by atoms with Gasteiger partial charge in [0.25, 0.3) is 22.7 Å². The SMILES string of the molecule is O=[N+]([O-])c1ccc(-c2c3cc([N+](=O)[O-])c([N+](=O)[O-])cc3c(-c3ccc([N+](=O)[O-])cc3)c3c(-c4ccc([N+](=O)[O-])cc4)c4cc([N+](=O)[O-])c([N+](=O)[O-])cc4c(-c4ccc([N+](=O)[O-])cc4)c23)cc1. The smallest absolute Gasteiger partial charge is 0.258 e. The zero-order chi connectivity index (χ0) is 47.5. The maximum atomic E-state index is 12.7. The van der Waals surface area contributed by atoms with Crippen molar-refractivity contribution < 1.29 is 39.4 Å². The molecule has 0 unspecified atom stereocenters. The molecule has 0 bridgehead atoms. The predicted octanol–water partition coefficient (Wildman–Crippen LogP) is 11.1. The van der Waals surface area contributed by atoms with E-state index >= 15 is 0 Å². The van der Waals surface area contributed by atoms with Crippen LogP contribution in [0.15, 0.2) is 121 Å². The Morgan fingerprint density at radius 1 is 0.242 bits per heavy atom. The van der Waals surface area contributed by atoms with E-state index in [-0.39, 0.29) is 76.8 Å². The van der Waals surface area contributed by atoms with E-state index in [0.29, 0.717) is 0 Å². The van der Waals surface area contributed by atoms with Crippen molar-refractivity contribution in [1.29, 1.82) is 0 Å². The number of benzene rings is 8. The van der Waals surface area contributed by atoms with Crippen LogP contribution in [0.1, 0.15) is 0 Å². The molecule has 0 spiro atoms. The molecule has 24 nitrogen and oxygen atoms in total. The number of fused-ring (bicyclic) bond motifs is 3. The quantitative estimate of drug-likeness (QED) is 0.0624. The Hall–Kier alpha value is -10.3. The first-order valence-corrected chi connectivity index (χ1v) is 18.6. The number of nitro benzene ring substituents is 8. The van der Waals surface area contributed by atoms with Gasteiger partial charge in [0.1, 0.15) is 0 Å². The van der Waals surface area contributed by atoms with Crippen molar-refractivity contribution in [3.8, 4) is 44.5 Å². The van der Waals surface area contributed by atoms with Gasteiger partial charge in [-0.1, -0.05) is 0 Å². The number of hydrogen-bond acceptors (Lipinski definition) is 16. The largest absolute Gasteiger partial charge is 0.346 e. The maximum Gasteiger partial charge on any atom is 0.346 e. The molecule has 8 rings (SSSR count). The lowest BCUT2D eigenvalue weighted by Gasteiger charge is -2.25. The fourth-order valence-electron chi connectivity index (χ4n) is 8.05. The monoisotopic (exact) mass is 892 g/mol. The summed E-state index contributed by atoms with van der Waals surface area (Å²) in [6.45, 7) is 0. The van der Waals surface area contributed by atoms with Crippen LogP contribution in [0.25, 0.3) is 76.8 Å². The molecule has 0 aliphatic carbocycles. The summed E-state index contributed by atoms with van der Waals surface area (Å²) in [5, 5.41) is 97.4. The predicted molar refractivity (Wildman–Crippen MR) is 234 cm³/mol. The van der Waals surface area contributed by atoms with Crippen molar-refractivity contribution in [2.24, 2.45) is 0 Å². The first-order valence-electron chi connectivity index (χ1n) is 18.6. The lowest BCUT2D eigenvalue weighted by Crippen LogP contribution is -2.02. The molecule has 24 heteroatoms. The molecule has 0 atom stereocenters. The van der Waals surface area contributed by atoms with Crippen LogP contribution in [0.3, 0.4) is 0 Å². The van der Waals surface area contributed by atoms with Crippen LogP contribution in [-0.2, 0) is 0 Å². The highest BCUT2D eigenvalue weighted by atomic mass is 16.7. The van der Waals surface area contributed by atoms with Crippen LogP contribution >= 0.6 is 0 Å². The van der Waals surface area contributed by atoms with Gasteiger partial charge in [-0.05, 0) is 125 Å². The fraction of sp³-hybridized carbons (Fsp3) is 0. The van der Waals surface area contributed by atoms with Gasteiger partial charge in [-0.2, -0.15) is 0 Å². The number of non-ortho nitro benzene ring substituents is 4. The van der Waals surface area contributed by atoms with E-state index in [4.69, 9.17) is 0 Å². The molecule has 0 N–H and O–H groups in total. The van der Waals surface area contributed by atoms with Crippen LogP contribution in [0.4, 0.5) is 45.5 Å². The van der Waals surface area contributed by atoms with E-state index in [1.807, 2.05) is 0 Å². The van der Waals surface area contributed by atoms with Gasteiger partial charge in [0.05, 0.1) is 39.4 Å². The minimum atomic E-state index is -1.04. The van der Waals surface area contributed by atoms with E-state index in [1.54, 1.807) is 0 Å². The van der Waals surface area contributed by atoms with Crippen LogP contribution < -0.4 is 0 Å². The molecule has 0 heterocycles. The molecule has 0 aliphatic rings. The highest BCUT2D eigenvalue weighted by molar-refractivity contribution is 6.34. The summed E-state index contributed by atoms with van der Waals surface area (Å²) < 4.78 is 0. The minimum Gasteiger partial charge on any atom is -0.258 e. The number of hydrogen-bond donors (Lipinski definition) is 0. The molecule has 0 saturated heterocycles. The molecule has 0 aromatic heterocycles. The third kappa shape index (κ3) is 7.04. The van der Waals surface area contributed by atoms with E-state index < -0.39 is 84.9 Å². The van der Waals surface area contributed by atoms with Gasteiger partial charge in [0.15, 0.2) is 0 Å². The first kappa shape index (κ1) is 42.4. The molecule has 0 saturated carbocycles. The second-order valence-corrected chi connectivity index (χ2v) is 14.3. The van der Waals surface area contributed by atoms with Gasteiger partial charge < -0.3 is 0 Å². The molecule has 8 aromatic rings. The Bertz CT molecular complexity index is 3070. The van der Waals surface area contributed by atoms with Crippen molar-refractivity contribution >= 4 is 77.8 Å². The average Bonchev–Trinajstić information content (AvgIpc) is 3.29. The average molecular weight is 893 g/mol. The topological polar surface area (TPSA) is 345 Å². The van der Waals surface area contributed by atoms with Crippen molar-refractivity contribution in [3.05, 3.63) is 202 Å². The maximum absolute atomic E-state index is 12.7. The number of nitrogens with zero attached hydrogens (tertiary/aromatic N) is 8. The first-order chi connectivity index (χ1) is 31.4. The second kappa shape index (κ2) is 15.9. The van der Waals surface area contributed by atoms with Crippen LogP contribution in [0, 0.1) is 80.9 Å². The molecular weight excluding hydrogens is 873 g/mol. The lowest BCUT2D eigenvalue weighted by atomic mass is 9.77. The molecule has 8 aromatic carbocycles. The zero-order valence-electron chi connectivity index (χ0n) is 32.7. The van der Waals surface area contributed by atoms with Crippen molar-refractivity contribution in [1.82, 2.24) is 0 Å². The zero-order valence-corrected chi connectivity index (χ0v) is 32.7. The highest BCUT2D eigenvalue weighted by Gasteiger charge is 2.34. The Morgan fingerprint density at radius 2 is 0.409 bits per heavy atom. The Kier molecular flexibility index (Phi) is 10.2. The molecule has 66 heavy (non-hydrogen) atoms. The van der Waals surface area contributed by atoms with Gasteiger partial charge in [0, 0.05) is 72.8 Å². The van der Waals surface area contributed by atoms with Crippen molar-refractivity contribution in [2.75, 3.05) is 0 Å². The van der Waals surface area contributed by atoms with Gasteiger partial charge >= 0.3 is 22.7 Å². The van der Waals surface area contributed by atoms with Gasteiger partial charge in [-0.3, -0.25) is 80.9 Å². The summed E-state index contributed by atoms with van der Waals surface area (Å²) in [5.41, 5.74) is -5.96. The normalized spacial score (nSPS) is 11.1. The second-order valence-electron chi connectivity index (χ2n) is 14.3. The third-order valence-electron chi connectivity index (χ3n) is 10.8. The Balaban J connectivity index is 1.82. The van der Waals surface area contributed by atoms with Crippen LogP contribution in [-0.4, -0.2) is 39.4 Å². The Labute approximate surface area is 363 Å². The van der Waals surface area contributed by atoms with Crippen molar-refractivity contribution in [2.45, 2.75) is 0 Å². The highest BCUT2D eigenvalue weighted by Crippen LogP contribution is 2.56. The summed E-state index contributed by atoms with van der Waals surface area (Å²) in [4.78, 5) is 91.1. The lowest BCUT2D eigenvalue weighted by molar-refractivity contribution is -0.422. The van der Waals surface area contributed by atoms with Crippen LogP contribution in [0.2, 0.25) is 0 Å². The summed E-state index contributed by atoms with van der Waals surface area (Å²) in [6.07, 6.45) is 0. The van der Waals surface area contributed by atoms with Gasteiger partial charge in [-0.15, -0.1) is 0 Å². The third-order valence-corrected chi connectivity index (χ3v) is 10.8.